The van der Waals surface area contributed by atoms with E-state index >= 15 is 0 Å². The molecular formula is C8H9N5O. The number of aryl methyl sites for hydroxylation is 1. The Labute approximate surface area is 79.5 Å². The molecule has 6 heteroatoms. The zero-order valence-electron chi connectivity index (χ0n) is 7.56. The first-order chi connectivity index (χ1) is 6.59. The maximum absolute atomic E-state index is 11.1. The fourth-order valence-electron chi connectivity index (χ4n) is 1.27. The van der Waals surface area contributed by atoms with E-state index in [1.807, 2.05) is 6.92 Å². The number of carbonyl (C=O) groups is 1. The van der Waals surface area contributed by atoms with E-state index in [1.165, 1.54) is 4.52 Å². The predicted octanol–water partition coefficient (Wildman–Crippen LogP) is -0.281. The van der Waals surface area contributed by atoms with E-state index < -0.39 is 5.91 Å². The van der Waals surface area contributed by atoms with Crippen LogP contribution in [0.3, 0.4) is 0 Å². The van der Waals surface area contributed by atoms with Crippen LogP contribution < -0.4 is 11.5 Å². The molecule has 2 heterocycles. The highest BCUT2D eigenvalue weighted by Gasteiger charge is 2.16. The van der Waals surface area contributed by atoms with Crippen LogP contribution in [0.4, 0.5) is 5.82 Å². The van der Waals surface area contributed by atoms with E-state index in [0.717, 1.165) is 5.69 Å². The maximum Gasteiger partial charge on any atom is 0.256 e. The molecule has 0 fully saturated rings. The molecule has 2 aromatic heterocycles. The van der Waals surface area contributed by atoms with Gasteiger partial charge in [0.05, 0.1) is 0 Å². The largest absolute Gasteiger partial charge is 0.381 e. The van der Waals surface area contributed by atoms with Crippen molar-refractivity contribution in [3.63, 3.8) is 0 Å². The minimum Gasteiger partial charge on any atom is -0.381 e. The van der Waals surface area contributed by atoms with E-state index in [1.54, 1.807) is 12.3 Å². The van der Waals surface area contributed by atoms with Gasteiger partial charge in [-0.05, 0) is 13.0 Å². The highest BCUT2D eigenvalue weighted by Crippen LogP contribution is 2.14. The van der Waals surface area contributed by atoms with Gasteiger partial charge in [0.15, 0.2) is 11.5 Å². The molecule has 0 spiro atoms. The maximum atomic E-state index is 11.1. The second-order valence-electron chi connectivity index (χ2n) is 2.96. The number of fused-ring (bicyclic) bond motifs is 1. The van der Waals surface area contributed by atoms with Crippen molar-refractivity contribution < 1.29 is 4.79 Å². The standard InChI is InChI=1S/C8H9N5O/c1-4-2-3-13-8(11-4)5(7(10)14)6(9)12-13/h2-3H,1H3,(H2,9,12)(H2,10,14). The summed E-state index contributed by atoms with van der Waals surface area (Å²) in [7, 11) is 0. The smallest absolute Gasteiger partial charge is 0.256 e. The van der Waals surface area contributed by atoms with Gasteiger partial charge in [-0.1, -0.05) is 0 Å². The third-order valence-electron chi connectivity index (χ3n) is 1.90. The molecule has 2 aromatic rings. The van der Waals surface area contributed by atoms with Crippen molar-refractivity contribution in [2.24, 2.45) is 5.73 Å². The lowest BCUT2D eigenvalue weighted by Crippen LogP contribution is -2.13. The first-order valence-corrected chi connectivity index (χ1v) is 4.01. The second-order valence-corrected chi connectivity index (χ2v) is 2.96. The number of anilines is 1. The number of primary amides is 1. The minimum atomic E-state index is -0.615. The van der Waals surface area contributed by atoms with Crippen molar-refractivity contribution in [1.29, 1.82) is 0 Å². The first-order valence-electron chi connectivity index (χ1n) is 4.01. The molecule has 0 saturated carbocycles. The van der Waals surface area contributed by atoms with Crippen LogP contribution in [0.25, 0.3) is 5.65 Å². The molecule has 0 atom stereocenters. The predicted molar refractivity (Wildman–Crippen MR) is 50.7 cm³/mol. The van der Waals surface area contributed by atoms with Gasteiger partial charge in [-0.25, -0.2) is 9.50 Å². The monoisotopic (exact) mass is 191 g/mol. The molecule has 0 aliphatic rings. The molecule has 4 N–H and O–H groups in total. The lowest BCUT2D eigenvalue weighted by Gasteiger charge is -1.95. The number of nitrogens with two attached hydrogens (primary N) is 2. The van der Waals surface area contributed by atoms with E-state index in [4.69, 9.17) is 11.5 Å². The highest BCUT2D eigenvalue weighted by atomic mass is 16.1. The Morgan fingerprint density at radius 2 is 2.29 bits per heavy atom. The number of hydrogen-bond acceptors (Lipinski definition) is 4. The van der Waals surface area contributed by atoms with Gasteiger partial charge in [-0.2, -0.15) is 0 Å². The molecule has 0 aromatic carbocycles. The Balaban J connectivity index is 2.86. The molecule has 0 aliphatic heterocycles. The average Bonchev–Trinajstić information content (AvgIpc) is 2.40. The van der Waals surface area contributed by atoms with Crippen LogP contribution in [0.5, 0.6) is 0 Å². The van der Waals surface area contributed by atoms with Gasteiger partial charge in [0.25, 0.3) is 5.91 Å². The molecule has 0 radical (unpaired) electrons. The summed E-state index contributed by atoms with van der Waals surface area (Å²) in [5.41, 5.74) is 12.0. The quantitative estimate of drug-likeness (QED) is 0.647. The summed E-state index contributed by atoms with van der Waals surface area (Å²) in [5, 5.41) is 3.91. The summed E-state index contributed by atoms with van der Waals surface area (Å²) in [5.74, 6) is -0.508. The molecule has 14 heavy (non-hydrogen) atoms. The van der Waals surface area contributed by atoms with Crippen LogP contribution in [0, 0.1) is 6.92 Å². The molecule has 6 nitrogen and oxygen atoms in total. The lowest BCUT2D eigenvalue weighted by molar-refractivity contribution is 0.100. The molecule has 2 rings (SSSR count). The molecule has 0 unspecified atom stereocenters. The summed E-state index contributed by atoms with van der Waals surface area (Å²) in [4.78, 5) is 15.2. The van der Waals surface area contributed by atoms with Crippen LogP contribution in [0.1, 0.15) is 16.1 Å². The fourth-order valence-corrected chi connectivity index (χ4v) is 1.27. The van der Waals surface area contributed by atoms with Crippen molar-refractivity contribution in [2.45, 2.75) is 6.92 Å². The number of amides is 1. The van der Waals surface area contributed by atoms with Gasteiger partial charge in [-0.15, -0.1) is 5.10 Å². The molecule has 72 valence electrons. The Morgan fingerprint density at radius 3 is 2.93 bits per heavy atom. The Hall–Kier alpha value is -2.11. The number of hydrogen-bond donors (Lipinski definition) is 2. The molecular weight excluding hydrogens is 182 g/mol. The fraction of sp³-hybridized carbons (Fsp3) is 0.125. The van der Waals surface area contributed by atoms with E-state index in [-0.39, 0.29) is 11.4 Å². The summed E-state index contributed by atoms with van der Waals surface area (Å²) in [6, 6.07) is 1.77. The number of nitrogens with zero attached hydrogens (tertiary/aromatic N) is 3. The van der Waals surface area contributed by atoms with E-state index in [0.29, 0.717) is 5.65 Å². The summed E-state index contributed by atoms with van der Waals surface area (Å²) >= 11 is 0. The van der Waals surface area contributed by atoms with Gasteiger partial charge < -0.3 is 11.5 Å². The van der Waals surface area contributed by atoms with Gasteiger partial charge in [0.2, 0.25) is 0 Å². The normalized spacial score (nSPS) is 10.6. The number of aromatic nitrogens is 3. The first kappa shape index (κ1) is 8.49. The van der Waals surface area contributed by atoms with Crippen LogP contribution >= 0.6 is 0 Å². The Bertz CT molecular complexity index is 516. The van der Waals surface area contributed by atoms with Crippen LogP contribution in [0.2, 0.25) is 0 Å². The van der Waals surface area contributed by atoms with Crippen LogP contribution in [-0.2, 0) is 0 Å². The van der Waals surface area contributed by atoms with Gasteiger partial charge in [-0.3, -0.25) is 4.79 Å². The van der Waals surface area contributed by atoms with E-state index in [2.05, 4.69) is 10.1 Å². The van der Waals surface area contributed by atoms with Crippen molar-refractivity contribution >= 4 is 17.4 Å². The SMILES string of the molecule is Cc1ccn2nc(N)c(C(N)=O)c2n1. The zero-order chi connectivity index (χ0) is 10.3. The Morgan fingerprint density at radius 1 is 1.57 bits per heavy atom. The second kappa shape index (κ2) is 2.69. The third-order valence-corrected chi connectivity index (χ3v) is 1.90. The number of carbonyl (C=O) groups excluding carboxylic acids is 1. The lowest BCUT2D eigenvalue weighted by atomic mass is 10.3. The van der Waals surface area contributed by atoms with Crippen LogP contribution in [-0.4, -0.2) is 20.5 Å². The number of rotatable bonds is 1. The average molecular weight is 191 g/mol. The minimum absolute atomic E-state index is 0.107. The Kier molecular flexibility index (Phi) is 1.63. The summed E-state index contributed by atoms with van der Waals surface area (Å²) in [6.07, 6.45) is 1.68. The summed E-state index contributed by atoms with van der Waals surface area (Å²) < 4.78 is 1.43. The zero-order valence-corrected chi connectivity index (χ0v) is 7.56. The molecule has 1 amide bonds. The van der Waals surface area contributed by atoms with Crippen molar-refractivity contribution in [3.05, 3.63) is 23.5 Å². The van der Waals surface area contributed by atoms with Crippen molar-refractivity contribution in [3.8, 4) is 0 Å². The van der Waals surface area contributed by atoms with Crippen molar-refractivity contribution in [1.82, 2.24) is 14.6 Å². The van der Waals surface area contributed by atoms with Crippen LogP contribution in [0.15, 0.2) is 12.3 Å². The number of nitrogen functional groups attached to an aromatic ring is 1. The summed E-state index contributed by atoms with van der Waals surface area (Å²) in [6.45, 7) is 1.81. The molecule has 0 aliphatic carbocycles. The van der Waals surface area contributed by atoms with Gasteiger partial charge in [0.1, 0.15) is 5.56 Å². The third kappa shape index (κ3) is 1.08. The topological polar surface area (TPSA) is 99.3 Å². The van der Waals surface area contributed by atoms with Crippen molar-refractivity contribution in [2.75, 3.05) is 5.73 Å². The van der Waals surface area contributed by atoms with E-state index in [9.17, 15) is 4.79 Å². The molecule has 0 bridgehead atoms. The highest BCUT2D eigenvalue weighted by molar-refractivity contribution is 6.03. The van der Waals surface area contributed by atoms with Gasteiger partial charge >= 0.3 is 0 Å². The van der Waals surface area contributed by atoms with Gasteiger partial charge in [0, 0.05) is 11.9 Å². The molecule has 0 saturated heterocycles.